The van der Waals surface area contributed by atoms with E-state index in [0.29, 0.717) is 0 Å². The number of aromatic nitrogens is 2. The number of nitrogens with one attached hydrogen (secondary N) is 1. The standard InChI is InChI=1S/C16H23N3O/c1-4-14-10-15(19(5-2)18-14)12-17-11-13-6-8-16(20-3)9-7-13/h6-10,17H,4-5,11-12H2,1-3H3. The van der Waals surface area contributed by atoms with E-state index in [-0.39, 0.29) is 0 Å². The van der Waals surface area contributed by atoms with Gasteiger partial charge in [-0.2, -0.15) is 5.10 Å². The van der Waals surface area contributed by atoms with Crippen molar-refractivity contribution in [3.05, 3.63) is 47.3 Å². The van der Waals surface area contributed by atoms with Crippen LogP contribution in [0, 0.1) is 0 Å². The molecule has 1 aromatic carbocycles. The van der Waals surface area contributed by atoms with E-state index in [0.717, 1.165) is 37.5 Å². The number of benzene rings is 1. The van der Waals surface area contributed by atoms with Gasteiger partial charge in [0, 0.05) is 19.6 Å². The maximum absolute atomic E-state index is 5.16. The lowest BCUT2D eigenvalue weighted by Gasteiger charge is -2.07. The molecular weight excluding hydrogens is 250 g/mol. The highest BCUT2D eigenvalue weighted by Crippen LogP contribution is 2.11. The van der Waals surface area contributed by atoms with Gasteiger partial charge in [0.1, 0.15) is 5.75 Å². The first-order valence-electron chi connectivity index (χ1n) is 7.16. The molecule has 1 heterocycles. The summed E-state index contributed by atoms with van der Waals surface area (Å²) in [6, 6.07) is 10.3. The molecule has 1 aromatic heterocycles. The summed E-state index contributed by atoms with van der Waals surface area (Å²) < 4.78 is 7.23. The van der Waals surface area contributed by atoms with Crippen molar-refractivity contribution in [3.63, 3.8) is 0 Å². The molecule has 0 unspecified atom stereocenters. The van der Waals surface area contributed by atoms with Gasteiger partial charge in [-0.3, -0.25) is 4.68 Å². The molecule has 20 heavy (non-hydrogen) atoms. The highest BCUT2D eigenvalue weighted by molar-refractivity contribution is 5.27. The Morgan fingerprint density at radius 2 is 1.90 bits per heavy atom. The zero-order valence-electron chi connectivity index (χ0n) is 12.5. The van der Waals surface area contributed by atoms with Gasteiger partial charge < -0.3 is 10.1 Å². The Hall–Kier alpha value is -1.81. The topological polar surface area (TPSA) is 39.1 Å². The van der Waals surface area contributed by atoms with E-state index in [1.54, 1.807) is 7.11 Å². The van der Waals surface area contributed by atoms with E-state index in [9.17, 15) is 0 Å². The van der Waals surface area contributed by atoms with Crippen LogP contribution >= 0.6 is 0 Å². The van der Waals surface area contributed by atoms with E-state index in [1.165, 1.54) is 11.3 Å². The lowest BCUT2D eigenvalue weighted by Crippen LogP contribution is -2.16. The molecule has 1 N–H and O–H groups in total. The molecule has 0 aliphatic heterocycles. The van der Waals surface area contributed by atoms with Crippen molar-refractivity contribution in [3.8, 4) is 5.75 Å². The third kappa shape index (κ3) is 3.61. The minimum absolute atomic E-state index is 0.840. The van der Waals surface area contributed by atoms with Gasteiger partial charge in [-0.15, -0.1) is 0 Å². The molecule has 0 radical (unpaired) electrons. The number of rotatable bonds is 7. The molecule has 0 atom stereocenters. The Morgan fingerprint density at radius 1 is 1.15 bits per heavy atom. The molecule has 0 saturated heterocycles. The van der Waals surface area contributed by atoms with Gasteiger partial charge in [0.2, 0.25) is 0 Å². The first kappa shape index (κ1) is 14.6. The van der Waals surface area contributed by atoms with Crippen LogP contribution in [0.15, 0.2) is 30.3 Å². The number of nitrogens with zero attached hydrogens (tertiary/aromatic N) is 2. The molecular formula is C16H23N3O. The van der Waals surface area contributed by atoms with Crippen LogP contribution in [0.1, 0.15) is 30.8 Å². The molecule has 0 bridgehead atoms. The third-order valence-corrected chi connectivity index (χ3v) is 3.37. The van der Waals surface area contributed by atoms with Crippen LogP contribution in [0.5, 0.6) is 5.75 Å². The number of ether oxygens (including phenoxy) is 1. The zero-order valence-corrected chi connectivity index (χ0v) is 12.5. The van der Waals surface area contributed by atoms with Crippen LogP contribution in [0.4, 0.5) is 0 Å². The molecule has 0 aliphatic carbocycles. The zero-order chi connectivity index (χ0) is 14.4. The Kier molecular flexibility index (Phi) is 5.18. The highest BCUT2D eigenvalue weighted by Gasteiger charge is 2.05. The van der Waals surface area contributed by atoms with Crippen LogP contribution in [0.25, 0.3) is 0 Å². The largest absolute Gasteiger partial charge is 0.497 e. The first-order chi connectivity index (χ1) is 9.76. The lowest BCUT2D eigenvalue weighted by molar-refractivity contribution is 0.414. The molecule has 0 saturated carbocycles. The summed E-state index contributed by atoms with van der Waals surface area (Å²) in [5.41, 5.74) is 3.66. The first-order valence-corrected chi connectivity index (χ1v) is 7.16. The van der Waals surface area contributed by atoms with Crippen molar-refractivity contribution in [2.75, 3.05) is 7.11 Å². The fraction of sp³-hybridized carbons (Fsp3) is 0.438. The van der Waals surface area contributed by atoms with Gasteiger partial charge in [-0.1, -0.05) is 19.1 Å². The van der Waals surface area contributed by atoms with Crippen molar-refractivity contribution >= 4 is 0 Å². The maximum atomic E-state index is 5.16. The monoisotopic (exact) mass is 273 g/mol. The molecule has 4 nitrogen and oxygen atoms in total. The second-order valence-electron chi connectivity index (χ2n) is 4.75. The van der Waals surface area contributed by atoms with Gasteiger partial charge >= 0.3 is 0 Å². The molecule has 0 fully saturated rings. The summed E-state index contributed by atoms with van der Waals surface area (Å²) in [6.45, 7) is 6.86. The minimum Gasteiger partial charge on any atom is -0.497 e. The van der Waals surface area contributed by atoms with E-state index < -0.39 is 0 Å². The Balaban J connectivity index is 1.90. The maximum Gasteiger partial charge on any atom is 0.118 e. The van der Waals surface area contributed by atoms with Crippen molar-refractivity contribution in [1.82, 2.24) is 15.1 Å². The van der Waals surface area contributed by atoms with E-state index >= 15 is 0 Å². The van der Waals surface area contributed by atoms with E-state index in [1.807, 2.05) is 12.1 Å². The Labute approximate surface area is 120 Å². The van der Waals surface area contributed by atoms with E-state index in [4.69, 9.17) is 4.74 Å². The molecule has 2 rings (SSSR count). The second kappa shape index (κ2) is 7.10. The minimum atomic E-state index is 0.840. The van der Waals surface area contributed by atoms with Gasteiger partial charge in [0.15, 0.2) is 0 Å². The summed E-state index contributed by atoms with van der Waals surface area (Å²) in [7, 11) is 1.68. The lowest BCUT2D eigenvalue weighted by atomic mass is 10.2. The van der Waals surface area contributed by atoms with Gasteiger partial charge in [0.05, 0.1) is 18.5 Å². The highest BCUT2D eigenvalue weighted by atomic mass is 16.5. The van der Waals surface area contributed by atoms with E-state index in [2.05, 4.69) is 47.1 Å². The SMILES string of the molecule is CCc1cc(CNCc2ccc(OC)cc2)n(CC)n1. The number of hydrogen-bond donors (Lipinski definition) is 1. The second-order valence-corrected chi connectivity index (χ2v) is 4.75. The predicted molar refractivity (Wildman–Crippen MR) is 80.8 cm³/mol. The van der Waals surface area contributed by atoms with Gasteiger partial charge in [0.25, 0.3) is 0 Å². The quantitative estimate of drug-likeness (QED) is 0.843. The average Bonchev–Trinajstić information content (AvgIpc) is 2.90. The van der Waals surface area contributed by atoms with Gasteiger partial charge in [-0.05, 0) is 37.1 Å². The van der Waals surface area contributed by atoms with Crippen LogP contribution in [-0.4, -0.2) is 16.9 Å². The summed E-state index contributed by atoms with van der Waals surface area (Å²) >= 11 is 0. The number of aryl methyl sites for hydroxylation is 2. The average molecular weight is 273 g/mol. The number of hydrogen-bond acceptors (Lipinski definition) is 3. The van der Waals surface area contributed by atoms with Crippen molar-refractivity contribution < 1.29 is 4.74 Å². The summed E-state index contributed by atoms with van der Waals surface area (Å²) in [5, 5.41) is 8.02. The van der Waals surface area contributed by atoms with Crippen LogP contribution in [-0.2, 0) is 26.1 Å². The van der Waals surface area contributed by atoms with Crippen LogP contribution in [0.3, 0.4) is 0 Å². The normalized spacial score (nSPS) is 10.8. The Morgan fingerprint density at radius 3 is 2.50 bits per heavy atom. The van der Waals surface area contributed by atoms with Crippen molar-refractivity contribution in [1.29, 1.82) is 0 Å². The molecule has 4 heteroatoms. The molecule has 2 aromatic rings. The number of methoxy groups -OCH3 is 1. The third-order valence-electron chi connectivity index (χ3n) is 3.37. The summed E-state index contributed by atoms with van der Waals surface area (Å²) in [4.78, 5) is 0. The molecule has 0 amide bonds. The fourth-order valence-corrected chi connectivity index (χ4v) is 2.18. The van der Waals surface area contributed by atoms with Crippen LogP contribution in [0.2, 0.25) is 0 Å². The molecule has 0 spiro atoms. The summed E-state index contributed by atoms with van der Waals surface area (Å²) in [5.74, 6) is 0.894. The predicted octanol–water partition coefficient (Wildman–Crippen LogP) is 2.76. The fourth-order valence-electron chi connectivity index (χ4n) is 2.18. The summed E-state index contributed by atoms with van der Waals surface area (Å²) in [6.07, 6.45) is 0.985. The smallest absolute Gasteiger partial charge is 0.118 e. The van der Waals surface area contributed by atoms with Crippen molar-refractivity contribution in [2.45, 2.75) is 39.9 Å². The van der Waals surface area contributed by atoms with Gasteiger partial charge in [-0.25, -0.2) is 0 Å². The van der Waals surface area contributed by atoms with Crippen LogP contribution < -0.4 is 10.1 Å². The molecule has 108 valence electrons. The molecule has 0 aliphatic rings. The Bertz CT molecular complexity index is 531. The van der Waals surface area contributed by atoms with Crippen molar-refractivity contribution in [2.24, 2.45) is 0 Å².